The Morgan fingerprint density at radius 1 is 0.933 bits per heavy atom. The molecule has 1 amide bonds. The number of hydrogen-bond acceptors (Lipinski definition) is 4. The maximum absolute atomic E-state index is 12.5. The fourth-order valence-corrected chi connectivity index (χ4v) is 3.03. The van der Waals surface area contributed by atoms with E-state index in [1.54, 1.807) is 18.2 Å². The summed E-state index contributed by atoms with van der Waals surface area (Å²) in [5.74, 6) is -1.10. The molecule has 3 rings (SSSR count). The van der Waals surface area contributed by atoms with E-state index in [0.717, 1.165) is 11.1 Å². The molecule has 3 aromatic rings. The largest absolute Gasteiger partial charge is 0.481 e. The van der Waals surface area contributed by atoms with Crippen LogP contribution in [0.4, 0.5) is 10.5 Å². The minimum absolute atomic E-state index is 0.0357. The molecule has 0 saturated carbocycles. The number of aromatic amines is 1. The molecule has 154 valence electrons. The van der Waals surface area contributed by atoms with Gasteiger partial charge in [-0.1, -0.05) is 60.7 Å². The van der Waals surface area contributed by atoms with E-state index in [9.17, 15) is 19.5 Å². The van der Waals surface area contributed by atoms with Gasteiger partial charge >= 0.3 is 12.1 Å². The number of rotatable bonds is 8. The zero-order valence-corrected chi connectivity index (χ0v) is 16.3. The van der Waals surface area contributed by atoms with Crippen molar-refractivity contribution in [3.8, 4) is 0 Å². The molecule has 1 heterocycles. The smallest absolute Gasteiger partial charge is 0.412 e. The van der Waals surface area contributed by atoms with Gasteiger partial charge in [-0.3, -0.25) is 14.9 Å². The predicted molar refractivity (Wildman–Crippen MR) is 113 cm³/mol. The molecule has 0 aliphatic rings. The summed E-state index contributed by atoms with van der Waals surface area (Å²) >= 11 is 0. The van der Waals surface area contributed by atoms with Gasteiger partial charge < -0.3 is 14.8 Å². The Morgan fingerprint density at radius 3 is 2.20 bits per heavy atom. The molecule has 0 spiro atoms. The Hall–Kier alpha value is -3.87. The third-order valence-electron chi connectivity index (χ3n) is 4.48. The summed E-state index contributed by atoms with van der Waals surface area (Å²) in [6.07, 6.45) is 0.00381. The van der Waals surface area contributed by atoms with E-state index in [-0.39, 0.29) is 17.9 Å². The molecule has 7 nitrogen and oxygen atoms in total. The van der Waals surface area contributed by atoms with Gasteiger partial charge in [0.25, 0.3) is 5.56 Å². The van der Waals surface area contributed by atoms with Crippen molar-refractivity contribution in [1.82, 2.24) is 4.98 Å². The molecule has 0 atom stereocenters. The van der Waals surface area contributed by atoms with Crippen LogP contribution < -0.4 is 10.9 Å². The number of hydrogen-bond donors (Lipinski definition) is 3. The highest BCUT2D eigenvalue weighted by atomic mass is 16.5. The molecule has 0 saturated heterocycles. The first-order valence-corrected chi connectivity index (χ1v) is 9.50. The fourth-order valence-electron chi connectivity index (χ4n) is 3.03. The van der Waals surface area contributed by atoms with Crippen molar-refractivity contribution in [2.75, 3.05) is 5.32 Å². The number of carbonyl (C=O) groups is 2. The summed E-state index contributed by atoms with van der Waals surface area (Å²) in [6, 6.07) is 20.4. The van der Waals surface area contributed by atoms with Crippen LogP contribution in [-0.4, -0.2) is 22.2 Å². The van der Waals surface area contributed by atoms with Gasteiger partial charge in [-0.05, 0) is 35.6 Å². The van der Waals surface area contributed by atoms with E-state index < -0.39 is 24.0 Å². The summed E-state index contributed by atoms with van der Waals surface area (Å²) < 4.78 is 5.13. The third-order valence-corrected chi connectivity index (χ3v) is 4.48. The van der Waals surface area contributed by atoms with Gasteiger partial charge in [0, 0.05) is 5.69 Å². The van der Waals surface area contributed by atoms with E-state index >= 15 is 0 Å². The second kappa shape index (κ2) is 10.1. The lowest BCUT2D eigenvalue weighted by Crippen LogP contribution is -2.24. The van der Waals surface area contributed by atoms with Gasteiger partial charge in [-0.2, -0.15) is 0 Å². The molecule has 0 unspecified atom stereocenters. The highest BCUT2D eigenvalue weighted by Crippen LogP contribution is 2.15. The summed E-state index contributed by atoms with van der Waals surface area (Å²) in [4.78, 5) is 38.7. The number of carbonyl (C=O) groups excluding carboxylic acids is 1. The number of ether oxygens (including phenoxy) is 1. The van der Waals surface area contributed by atoms with Gasteiger partial charge in [0.2, 0.25) is 0 Å². The van der Waals surface area contributed by atoms with Crippen molar-refractivity contribution >= 4 is 17.7 Å². The summed E-state index contributed by atoms with van der Waals surface area (Å²) in [5.41, 5.74) is 2.05. The maximum atomic E-state index is 12.5. The number of aliphatic carboxylic acids is 1. The van der Waals surface area contributed by atoms with E-state index in [4.69, 9.17) is 4.74 Å². The van der Waals surface area contributed by atoms with E-state index in [0.29, 0.717) is 18.5 Å². The molecule has 1 aromatic heterocycles. The van der Waals surface area contributed by atoms with Crippen LogP contribution in [0.1, 0.15) is 22.4 Å². The number of nitrogens with one attached hydrogen (secondary N) is 2. The quantitative estimate of drug-likeness (QED) is 0.530. The molecule has 7 heteroatoms. The van der Waals surface area contributed by atoms with Crippen molar-refractivity contribution in [3.05, 3.63) is 99.5 Å². The lowest BCUT2D eigenvalue weighted by molar-refractivity contribution is -0.136. The van der Waals surface area contributed by atoms with Crippen LogP contribution in [0.2, 0.25) is 0 Å². The monoisotopic (exact) mass is 406 g/mol. The molecular formula is C23H22N2O5. The van der Waals surface area contributed by atoms with Gasteiger partial charge in [0.05, 0.1) is 6.42 Å². The average molecular weight is 406 g/mol. The molecule has 0 fully saturated rings. The first-order chi connectivity index (χ1) is 14.5. The number of carboxylic acids is 1. The van der Waals surface area contributed by atoms with Gasteiger partial charge in [0.1, 0.15) is 12.3 Å². The number of pyridine rings is 1. The van der Waals surface area contributed by atoms with Gasteiger partial charge in [-0.25, -0.2) is 4.79 Å². The number of H-pyrrole nitrogens is 1. The Morgan fingerprint density at radius 2 is 1.57 bits per heavy atom. The van der Waals surface area contributed by atoms with Crippen LogP contribution >= 0.6 is 0 Å². The first-order valence-electron chi connectivity index (χ1n) is 9.50. The maximum Gasteiger partial charge on any atom is 0.412 e. The molecule has 3 N–H and O–H groups in total. The summed E-state index contributed by atoms with van der Waals surface area (Å²) in [5, 5.41) is 11.6. The van der Waals surface area contributed by atoms with Crippen LogP contribution in [0.3, 0.4) is 0 Å². The number of benzene rings is 2. The average Bonchev–Trinajstić information content (AvgIpc) is 2.74. The van der Waals surface area contributed by atoms with Crippen molar-refractivity contribution in [1.29, 1.82) is 0 Å². The molecule has 0 aliphatic carbocycles. The topological polar surface area (TPSA) is 108 Å². The lowest BCUT2D eigenvalue weighted by atomic mass is 10.0. The number of aromatic nitrogens is 1. The number of anilines is 1. The normalized spacial score (nSPS) is 10.4. The second-order valence-corrected chi connectivity index (χ2v) is 6.77. The third kappa shape index (κ3) is 6.07. The highest BCUT2D eigenvalue weighted by molar-refractivity contribution is 5.86. The zero-order valence-electron chi connectivity index (χ0n) is 16.3. The van der Waals surface area contributed by atoms with Crippen molar-refractivity contribution in [3.63, 3.8) is 0 Å². The minimum atomic E-state index is -1.10. The highest BCUT2D eigenvalue weighted by Gasteiger charge is 2.16. The summed E-state index contributed by atoms with van der Waals surface area (Å²) in [7, 11) is 0. The Bertz CT molecular complexity index is 1060. The van der Waals surface area contributed by atoms with Crippen LogP contribution in [0.5, 0.6) is 0 Å². The van der Waals surface area contributed by atoms with Crippen LogP contribution in [0.25, 0.3) is 0 Å². The van der Waals surface area contributed by atoms with E-state index in [1.807, 2.05) is 48.5 Å². The Kier molecular flexibility index (Phi) is 7.00. The Labute approximate surface area is 173 Å². The van der Waals surface area contributed by atoms with E-state index in [1.165, 1.54) is 0 Å². The Balaban J connectivity index is 1.73. The van der Waals surface area contributed by atoms with Gasteiger partial charge in [-0.15, -0.1) is 0 Å². The van der Waals surface area contributed by atoms with Crippen LogP contribution in [-0.2, 0) is 35.4 Å². The van der Waals surface area contributed by atoms with Crippen LogP contribution in [0, 0.1) is 0 Å². The molecule has 0 aliphatic heterocycles. The zero-order chi connectivity index (χ0) is 21.3. The second-order valence-electron chi connectivity index (χ2n) is 6.77. The standard InChI is InChI=1S/C23H22N2O5/c26-20(27)14-18-13-19(12-11-16-7-3-1-4-8-16)24-22(28)21(18)25-23(29)30-15-17-9-5-2-6-10-17/h1-10,13H,11-12,14-15H2,(H,24,28)(H,25,29)(H,26,27). The fraction of sp³-hybridized carbons (Fsp3) is 0.174. The first kappa shape index (κ1) is 20.9. The van der Waals surface area contributed by atoms with E-state index in [2.05, 4.69) is 10.3 Å². The SMILES string of the molecule is O=C(O)Cc1cc(CCc2ccccc2)[nH]c(=O)c1NC(=O)OCc1ccccc1. The number of aryl methyl sites for hydroxylation is 2. The summed E-state index contributed by atoms with van der Waals surface area (Å²) in [6.45, 7) is 0.0357. The molecule has 30 heavy (non-hydrogen) atoms. The van der Waals surface area contributed by atoms with Crippen LogP contribution in [0.15, 0.2) is 71.5 Å². The predicted octanol–water partition coefficient (Wildman–Crippen LogP) is 3.54. The number of carboxylic acid groups (broad SMARTS) is 1. The molecular weight excluding hydrogens is 384 g/mol. The van der Waals surface area contributed by atoms with Crippen molar-refractivity contribution < 1.29 is 19.4 Å². The number of amides is 1. The molecule has 0 radical (unpaired) electrons. The molecule has 2 aromatic carbocycles. The lowest BCUT2D eigenvalue weighted by Gasteiger charge is -2.12. The minimum Gasteiger partial charge on any atom is -0.481 e. The molecule has 0 bridgehead atoms. The van der Waals surface area contributed by atoms with Crippen molar-refractivity contribution in [2.24, 2.45) is 0 Å². The van der Waals surface area contributed by atoms with Gasteiger partial charge in [0.15, 0.2) is 0 Å². The van der Waals surface area contributed by atoms with Crippen molar-refractivity contribution in [2.45, 2.75) is 25.9 Å².